The van der Waals surface area contributed by atoms with Gasteiger partial charge in [-0.15, -0.1) is 0 Å². The van der Waals surface area contributed by atoms with Crippen molar-refractivity contribution in [3.05, 3.63) is 35.8 Å². The summed E-state index contributed by atoms with van der Waals surface area (Å²) in [6.45, 7) is 7.41. The molecular formula is C22H29FN4O. The van der Waals surface area contributed by atoms with Crippen molar-refractivity contribution < 1.29 is 9.18 Å². The van der Waals surface area contributed by atoms with E-state index in [1.54, 1.807) is 12.1 Å². The monoisotopic (exact) mass is 384 g/mol. The molecule has 2 aromatic rings. The van der Waals surface area contributed by atoms with E-state index in [1.165, 1.54) is 6.07 Å². The quantitative estimate of drug-likeness (QED) is 0.815. The Morgan fingerprint density at radius 1 is 1.11 bits per heavy atom. The summed E-state index contributed by atoms with van der Waals surface area (Å²) < 4.78 is 13.8. The Morgan fingerprint density at radius 2 is 1.82 bits per heavy atom. The molecule has 0 atom stereocenters. The fraction of sp³-hybridized carbons (Fsp3) is 0.545. The van der Waals surface area contributed by atoms with Crippen molar-refractivity contribution in [1.82, 2.24) is 14.8 Å². The molecule has 2 saturated heterocycles. The van der Waals surface area contributed by atoms with E-state index >= 15 is 0 Å². The molecule has 0 aliphatic carbocycles. The number of hydrogen-bond donors (Lipinski definition) is 0. The van der Waals surface area contributed by atoms with Gasteiger partial charge in [-0.05, 0) is 57.0 Å². The summed E-state index contributed by atoms with van der Waals surface area (Å²) >= 11 is 0. The van der Waals surface area contributed by atoms with E-state index in [-0.39, 0.29) is 5.82 Å². The summed E-state index contributed by atoms with van der Waals surface area (Å²) in [5.41, 5.74) is 2.84. The number of aromatic nitrogens is 1. The van der Waals surface area contributed by atoms with Gasteiger partial charge in [0.25, 0.3) is 0 Å². The van der Waals surface area contributed by atoms with Gasteiger partial charge in [0.2, 0.25) is 5.91 Å². The van der Waals surface area contributed by atoms with E-state index in [1.807, 2.05) is 11.8 Å². The lowest BCUT2D eigenvalue weighted by atomic mass is 9.92. The van der Waals surface area contributed by atoms with Crippen molar-refractivity contribution in [1.29, 1.82) is 0 Å². The number of likely N-dealkylation sites (N-methyl/N-ethyl adjacent to an activating group) is 1. The Hall–Kier alpha value is -2.21. The predicted octanol–water partition coefficient (Wildman–Crippen LogP) is 3.06. The standard InChI is InChI=1S/C22H29FN4O/c1-16-13-21(19-15-18(23)3-4-20(19)24-16)26-7-5-17(6-8-26)14-22(28)27-11-9-25(2)10-12-27/h3-4,13,15,17H,5-12,14H2,1-2H3. The first-order valence-corrected chi connectivity index (χ1v) is 10.3. The van der Waals surface area contributed by atoms with Gasteiger partial charge in [0, 0.05) is 62.5 Å². The summed E-state index contributed by atoms with van der Waals surface area (Å²) in [5, 5.41) is 0.873. The lowest BCUT2D eigenvalue weighted by Crippen LogP contribution is -2.47. The Bertz CT molecular complexity index is 855. The number of aryl methyl sites for hydroxylation is 1. The van der Waals surface area contributed by atoms with Gasteiger partial charge in [-0.3, -0.25) is 9.78 Å². The third-order valence-corrected chi connectivity index (χ3v) is 6.15. The van der Waals surface area contributed by atoms with Crippen LogP contribution in [0.1, 0.15) is 25.0 Å². The minimum Gasteiger partial charge on any atom is -0.371 e. The molecule has 1 amide bonds. The maximum atomic E-state index is 13.8. The molecule has 0 saturated carbocycles. The number of nitrogens with zero attached hydrogens (tertiary/aromatic N) is 4. The number of hydrogen-bond acceptors (Lipinski definition) is 4. The number of fused-ring (bicyclic) bond motifs is 1. The van der Waals surface area contributed by atoms with E-state index in [9.17, 15) is 9.18 Å². The van der Waals surface area contributed by atoms with Crippen molar-refractivity contribution >= 4 is 22.5 Å². The van der Waals surface area contributed by atoms with E-state index in [4.69, 9.17) is 0 Å². The summed E-state index contributed by atoms with van der Waals surface area (Å²) in [6.07, 6.45) is 2.65. The first kappa shape index (κ1) is 19.1. The summed E-state index contributed by atoms with van der Waals surface area (Å²) in [7, 11) is 2.11. The van der Waals surface area contributed by atoms with Gasteiger partial charge < -0.3 is 14.7 Å². The predicted molar refractivity (Wildman–Crippen MR) is 110 cm³/mol. The number of carbonyl (C=O) groups excluding carboxylic acids is 1. The minimum atomic E-state index is -0.230. The normalized spacial score (nSPS) is 19.4. The molecule has 0 spiro atoms. The zero-order valence-electron chi connectivity index (χ0n) is 16.8. The Kier molecular flexibility index (Phi) is 5.49. The highest BCUT2D eigenvalue weighted by atomic mass is 19.1. The molecule has 3 heterocycles. The highest BCUT2D eigenvalue weighted by Gasteiger charge is 2.26. The van der Waals surface area contributed by atoms with Gasteiger partial charge in [-0.1, -0.05) is 0 Å². The molecule has 6 heteroatoms. The van der Waals surface area contributed by atoms with Crippen LogP contribution in [0.15, 0.2) is 24.3 Å². The fourth-order valence-electron chi connectivity index (χ4n) is 4.38. The second kappa shape index (κ2) is 8.03. The minimum absolute atomic E-state index is 0.230. The maximum Gasteiger partial charge on any atom is 0.222 e. The molecule has 1 aromatic heterocycles. The Balaban J connectivity index is 1.40. The van der Waals surface area contributed by atoms with Crippen LogP contribution < -0.4 is 4.90 Å². The Labute approximate surface area is 166 Å². The van der Waals surface area contributed by atoms with Gasteiger partial charge in [0.05, 0.1) is 5.52 Å². The summed E-state index contributed by atoms with van der Waals surface area (Å²) in [5.74, 6) is 0.514. The van der Waals surface area contributed by atoms with Crippen LogP contribution in [-0.2, 0) is 4.79 Å². The number of piperidine rings is 1. The van der Waals surface area contributed by atoms with E-state index < -0.39 is 0 Å². The molecule has 0 unspecified atom stereocenters. The van der Waals surface area contributed by atoms with Crippen molar-refractivity contribution in [2.45, 2.75) is 26.2 Å². The third kappa shape index (κ3) is 4.12. The topological polar surface area (TPSA) is 39.7 Å². The van der Waals surface area contributed by atoms with Crippen LogP contribution in [0, 0.1) is 18.7 Å². The van der Waals surface area contributed by atoms with Crippen LogP contribution in [-0.4, -0.2) is 67.0 Å². The number of halogens is 1. The second-order valence-corrected chi connectivity index (χ2v) is 8.26. The zero-order valence-corrected chi connectivity index (χ0v) is 16.8. The van der Waals surface area contributed by atoms with Crippen LogP contribution >= 0.6 is 0 Å². The first-order valence-electron chi connectivity index (χ1n) is 10.3. The molecule has 28 heavy (non-hydrogen) atoms. The number of carbonyl (C=O) groups is 1. The molecule has 0 N–H and O–H groups in total. The number of benzene rings is 1. The molecule has 4 rings (SSSR count). The molecular weight excluding hydrogens is 355 g/mol. The molecule has 1 aromatic carbocycles. The van der Waals surface area contributed by atoms with E-state index in [0.29, 0.717) is 18.2 Å². The van der Waals surface area contributed by atoms with Crippen LogP contribution in [0.4, 0.5) is 10.1 Å². The molecule has 2 fully saturated rings. The SMILES string of the molecule is Cc1cc(N2CCC(CC(=O)N3CCN(C)CC3)CC2)c2cc(F)ccc2n1. The van der Waals surface area contributed by atoms with Gasteiger partial charge in [0.15, 0.2) is 0 Å². The number of piperazine rings is 1. The Morgan fingerprint density at radius 3 is 2.54 bits per heavy atom. The summed E-state index contributed by atoms with van der Waals surface area (Å²) in [4.78, 5) is 23.8. The van der Waals surface area contributed by atoms with Crippen molar-refractivity contribution in [3.63, 3.8) is 0 Å². The highest BCUT2D eigenvalue weighted by molar-refractivity contribution is 5.92. The lowest BCUT2D eigenvalue weighted by Gasteiger charge is -2.36. The molecule has 150 valence electrons. The van der Waals surface area contributed by atoms with Crippen LogP contribution in [0.25, 0.3) is 10.9 Å². The lowest BCUT2D eigenvalue weighted by molar-refractivity contribution is -0.133. The van der Waals surface area contributed by atoms with Gasteiger partial charge in [0.1, 0.15) is 5.82 Å². The van der Waals surface area contributed by atoms with Crippen LogP contribution in [0.5, 0.6) is 0 Å². The second-order valence-electron chi connectivity index (χ2n) is 8.26. The molecule has 5 nitrogen and oxygen atoms in total. The molecule has 2 aliphatic heterocycles. The largest absolute Gasteiger partial charge is 0.371 e. The van der Waals surface area contributed by atoms with Crippen molar-refractivity contribution in [2.75, 3.05) is 51.2 Å². The summed E-state index contributed by atoms with van der Waals surface area (Å²) in [6, 6.07) is 6.86. The molecule has 0 radical (unpaired) electrons. The number of pyridine rings is 1. The van der Waals surface area contributed by atoms with E-state index in [0.717, 1.165) is 74.4 Å². The maximum absolute atomic E-state index is 13.8. The number of amides is 1. The van der Waals surface area contributed by atoms with Gasteiger partial charge in [-0.2, -0.15) is 0 Å². The van der Waals surface area contributed by atoms with Crippen LogP contribution in [0.3, 0.4) is 0 Å². The fourth-order valence-corrected chi connectivity index (χ4v) is 4.38. The zero-order chi connectivity index (χ0) is 19.7. The first-order chi connectivity index (χ1) is 13.5. The van der Waals surface area contributed by atoms with Crippen molar-refractivity contribution in [2.24, 2.45) is 5.92 Å². The van der Waals surface area contributed by atoms with E-state index in [2.05, 4.69) is 27.9 Å². The average Bonchev–Trinajstić information content (AvgIpc) is 2.69. The highest BCUT2D eigenvalue weighted by Crippen LogP contribution is 2.32. The number of anilines is 1. The van der Waals surface area contributed by atoms with Crippen LogP contribution in [0.2, 0.25) is 0 Å². The van der Waals surface area contributed by atoms with Crippen molar-refractivity contribution in [3.8, 4) is 0 Å². The smallest absolute Gasteiger partial charge is 0.222 e. The molecule has 2 aliphatic rings. The van der Waals surface area contributed by atoms with Gasteiger partial charge in [-0.25, -0.2) is 4.39 Å². The third-order valence-electron chi connectivity index (χ3n) is 6.15. The molecule has 0 bridgehead atoms. The van der Waals surface area contributed by atoms with Gasteiger partial charge >= 0.3 is 0 Å². The average molecular weight is 384 g/mol. The number of rotatable bonds is 3.